The average Bonchev–Trinajstić information content (AvgIpc) is 2.74. The fraction of sp³-hybridized carbons (Fsp3) is 0.688. The van der Waals surface area contributed by atoms with Crippen molar-refractivity contribution in [2.45, 2.75) is 39.7 Å². The van der Waals surface area contributed by atoms with E-state index < -0.39 is 0 Å². The second-order valence-corrected chi connectivity index (χ2v) is 7.21. The van der Waals surface area contributed by atoms with Crippen LogP contribution in [0.2, 0.25) is 0 Å². The van der Waals surface area contributed by atoms with Crippen molar-refractivity contribution >= 4 is 15.9 Å². The van der Waals surface area contributed by atoms with Crippen molar-refractivity contribution < 1.29 is 4.74 Å². The lowest BCUT2D eigenvalue weighted by Crippen LogP contribution is -2.42. The highest BCUT2D eigenvalue weighted by atomic mass is 79.9. The van der Waals surface area contributed by atoms with Crippen LogP contribution in [0.1, 0.15) is 32.9 Å². The third-order valence-electron chi connectivity index (χ3n) is 4.18. The van der Waals surface area contributed by atoms with Crippen molar-refractivity contribution in [2.24, 2.45) is 11.3 Å². The fourth-order valence-corrected chi connectivity index (χ4v) is 3.06. The quantitative estimate of drug-likeness (QED) is 0.861. The summed E-state index contributed by atoms with van der Waals surface area (Å²) in [5, 5.41) is 3.61. The predicted octanol–water partition coefficient (Wildman–Crippen LogP) is 3.43. The molecule has 0 aliphatic carbocycles. The summed E-state index contributed by atoms with van der Waals surface area (Å²) in [4.78, 5) is 4.53. The third kappa shape index (κ3) is 4.03. The molecule has 0 amide bonds. The molecule has 1 aromatic rings. The first-order valence-corrected chi connectivity index (χ1v) is 8.24. The summed E-state index contributed by atoms with van der Waals surface area (Å²) in [7, 11) is 0. The maximum absolute atomic E-state index is 5.85. The van der Waals surface area contributed by atoms with Crippen molar-refractivity contribution in [3.05, 3.63) is 28.5 Å². The van der Waals surface area contributed by atoms with Crippen LogP contribution in [0.15, 0.2) is 22.8 Å². The van der Waals surface area contributed by atoms with E-state index in [1.54, 1.807) is 0 Å². The summed E-state index contributed by atoms with van der Waals surface area (Å²) in [5.41, 5.74) is 1.33. The molecule has 0 bridgehead atoms. The molecule has 2 atom stereocenters. The van der Waals surface area contributed by atoms with Crippen LogP contribution in [0.4, 0.5) is 0 Å². The molecule has 20 heavy (non-hydrogen) atoms. The van der Waals surface area contributed by atoms with E-state index in [2.05, 4.69) is 59.1 Å². The third-order valence-corrected chi connectivity index (χ3v) is 4.65. The van der Waals surface area contributed by atoms with Crippen LogP contribution < -0.4 is 5.32 Å². The number of hydrogen-bond acceptors (Lipinski definition) is 3. The molecule has 1 saturated heterocycles. The van der Waals surface area contributed by atoms with Gasteiger partial charge in [-0.05, 0) is 60.3 Å². The highest BCUT2D eigenvalue weighted by Gasteiger charge is 2.41. The Bertz CT molecular complexity index is 421. The lowest BCUT2D eigenvalue weighted by atomic mass is 9.77. The fourth-order valence-electron chi connectivity index (χ4n) is 2.83. The minimum Gasteiger partial charge on any atom is -0.378 e. The molecule has 3 nitrogen and oxygen atoms in total. The molecule has 0 saturated carbocycles. The summed E-state index contributed by atoms with van der Waals surface area (Å²) in [5.74, 6) is 0.676. The molecule has 1 fully saturated rings. The standard InChI is InChI=1S/C16H25BrN2O/c1-12(2)9-18-11-16(6-7-20-13(16)3)8-15-5-4-14(17)10-19-15/h4-5,10,12-13,18H,6-9,11H2,1-3H3. The number of halogens is 1. The van der Waals surface area contributed by atoms with Gasteiger partial charge in [0.05, 0.1) is 6.10 Å². The average molecular weight is 341 g/mol. The van der Waals surface area contributed by atoms with E-state index in [4.69, 9.17) is 4.74 Å². The Kier molecular flexibility index (Phi) is 5.58. The van der Waals surface area contributed by atoms with Gasteiger partial charge in [0.25, 0.3) is 0 Å². The van der Waals surface area contributed by atoms with Gasteiger partial charge in [-0.1, -0.05) is 13.8 Å². The van der Waals surface area contributed by atoms with Gasteiger partial charge < -0.3 is 10.1 Å². The SMILES string of the molecule is CC(C)CNCC1(Cc2ccc(Br)cn2)CCOC1C. The summed E-state index contributed by atoms with van der Waals surface area (Å²) in [6.45, 7) is 9.60. The monoisotopic (exact) mass is 340 g/mol. The summed E-state index contributed by atoms with van der Waals surface area (Å²) in [6.07, 6.45) is 4.25. The molecule has 2 heterocycles. The van der Waals surface area contributed by atoms with Gasteiger partial charge >= 0.3 is 0 Å². The summed E-state index contributed by atoms with van der Waals surface area (Å²) in [6, 6.07) is 4.18. The number of aromatic nitrogens is 1. The zero-order chi connectivity index (χ0) is 14.6. The smallest absolute Gasteiger partial charge is 0.0619 e. The zero-order valence-electron chi connectivity index (χ0n) is 12.7. The molecular formula is C16H25BrN2O. The van der Waals surface area contributed by atoms with Crippen LogP contribution in [0.25, 0.3) is 0 Å². The van der Waals surface area contributed by atoms with Crippen molar-refractivity contribution in [2.75, 3.05) is 19.7 Å². The molecule has 1 aromatic heterocycles. The van der Waals surface area contributed by atoms with Crippen LogP contribution in [0, 0.1) is 11.3 Å². The van der Waals surface area contributed by atoms with Crippen LogP contribution in [-0.4, -0.2) is 30.8 Å². The van der Waals surface area contributed by atoms with E-state index in [0.717, 1.165) is 42.7 Å². The molecule has 4 heteroatoms. The van der Waals surface area contributed by atoms with Crippen LogP contribution in [-0.2, 0) is 11.2 Å². The van der Waals surface area contributed by atoms with Gasteiger partial charge in [-0.15, -0.1) is 0 Å². The predicted molar refractivity (Wildman–Crippen MR) is 85.8 cm³/mol. The van der Waals surface area contributed by atoms with Gasteiger partial charge in [-0.2, -0.15) is 0 Å². The van der Waals surface area contributed by atoms with Crippen molar-refractivity contribution in [1.29, 1.82) is 0 Å². The first-order chi connectivity index (χ1) is 9.52. The lowest BCUT2D eigenvalue weighted by Gasteiger charge is -2.32. The molecule has 0 radical (unpaired) electrons. The maximum atomic E-state index is 5.85. The van der Waals surface area contributed by atoms with Crippen LogP contribution in [0.3, 0.4) is 0 Å². The van der Waals surface area contributed by atoms with Crippen molar-refractivity contribution in [3.63, 3.8) is 0 Å². The number of rotatable bonds is 6. The van der Waals surface area contributed by atoms with Gasteiger partial charge in [0.1, 0.15) is 0 Å². The molecule has 2 unspecified atom stereocenters. The Labute approximate surface area is 130 Å². The van der Waals surface area contributed by atoms with Gasteiger partial charge in [0.15, 0.2) is 0 Å². The largest absolute Gasteiger partial charge is 0.378 e. The minimum atomic E-state index is 0.176. The van der Waals surface area contributed by atoms with Gasteiger partial charge in [-0.25, -0.2) is 0 Å². The number of nitrogens with zero attached hydrogens (tertiary/aromatic N) is 1. The maximum Gasteiger partial charge on any atom is 0.0619 e. The van der Waals surface area contributed by atoms with Gasteiger partial charge in [-0.3, -0.25) is 4.98 Å². The first-order valence-electron chi connectivity index (χ1n) is 7.44. The number of pyridine rings is 1. The van der Waals surface area contributed by atoms with E-state index in [9.17, 15) is 0 Å². The second-order valence-electron chi connectivity index (χ2n) is 6.29. The number of hydrogen-bond donors (Lipinski definition) is 1. The first kappa shape index (κ1) is 15.9. The van der Waals surface area contributed by atoms with E-state index in [1.807, 2.05) is 6.20 Å². The van der Waals surface area contributed by atoms with Gasteiger partial charge in [0, 0.05) is 34.9 Å². The van der Waals surface area contributed by atoms with E-state index >= 15 is 0 Å². The zero-order valence-corrected chi connectivity index (χ0v) is 14.2. The lowest BCUT2D eigenvalue weighted by molar-refractivity contribution is 0.0622. The van der Waals surface area contributed by atoms with E-state index in [0.29, 0.717) is 5.92 Å². The summed E-state index contributed by atoms with van der Waals surface area (Å²) < 4.78 is 6.88. The Morgan fingerprint density at radius 1 is 1.50 bits per heavy atom. The molecular weight excluding hydrogens is 316 g/mol. The molecule has 1 aliphatic heterocycles. The highest BCUT2D eigenvalue weighted by molar-refractivity contribution is 9.10. The normalized spacial score (nSPS) is 26.4. The van der Waals surface area contributed by atoms with Gasteiger partial charge in [0.2, 0.25) is 0 Å². The number of ether oxygens (including phenoxy) is 1. The Morgan fingerprint density at radius 2 is 2.30 bits per heavy atom. The Balaban J connectivity index is 2.05. The Hall–Kier alpha value is -0.450. The molecule has 1 aliphatic rings. The van der Waals surface area contributed by atoms with Crippen LogP contribution >= 0.6 is 15.9 Å². The van der Waals surface area contributed by atoms with Crippen LogP contribution in [0.5, 0.6) is 0 Å². The molecule has 112 valence electrons. The second kappa shape index (κ2) is 7.01. The van der Waals surface area contributed by atoms with E-state index in [1.165, 1.54) is 0 Å². The van der Waals surface area contributed by atoms with Crippen molar-refractivity contribution in [3.8, 4) is 0 Å². The number of nitrogens with one attached hydrogen (secondary N) is 1. The van der Waals surface area contributed by atoms with Crippen molar-refractivity contribution in [1.82, 2.24) is 10.3 Å². The molecule has 2 rings (SSSR count). The highest BCUT2D eigenvalue weighted by Crippen LogP contribution is 2.37. The molecule has 0 aromatic carbocycles. The Morgan fingerprint density at radius 3 is 2.85 bits per heavy atom. The summed E-state index contributed by atoms with van der Waals surface area (Å²) >= 11 is 3.44. The minimum absolute atomic E-state index is 0.176. The topological polar surface area (TPSA) is 34.2 Å². The molecule has 0 spiro atoms. The van der Waals surface area contributed by atoms with E-state index in [-0.39, 0.29) is 11.5 Å². The molecule has 1 N–H and O–H groups in total.